The second-order valence-corrected chi connectivity index (χ2v) is 5.28. The van der Waals surface area contributed by atoms with E-state index in [1.165, 1.54) is 29.4 Å². The molecular weight excluding hydrogens is 234 g/mol. The number of hydrogen-bond acceptors (Lipinski definition) is 2. The molecule has 1 N–H and O–H groups in total. The van der Waals surface area contributed by atoms with Crippen LogP contribution in [0.15, 0.2) is 16.5 Å². The molecule has 2 nitrogen and oxygen atoms in total. The second kappa shape index (κ2) is 4.04. The minimum atomic E-state index is 0.694. The van der Waals surface area contributed by atoms with Gasteiger partial charge in [-0.05, 0) is 38.3 Å². The summed E-state index contributed by atoms with van der Waals surface area (Å²) in [6.07, 6.45) is 2.58. The van der Waals surface area contributed by atoms with Crippen LogP contribution in [-0.4, -0.2) is 6.04 Å². The van der Waals surface area contributed by atoms with E-state index in [1.807, 2.05) is 12.1 Å². The smallest absolute Gasteiger partial charge is 0.153 e. The molecule has 1 aliphatic carbocycles. The van der Waals surface area contributed by atoms with Crippen molar-refractivity contribution in [3.63, 3.8) is 0 Å². The molecule has 0 saturated heterocycles. The van der Waals surface area contributed by atoms with E-state index in [0.717, 1.165) is 17.9 Å². The third-order valence-corrected chi connectivity index (χ3v) is 3.76. The maximum Gasteiger partial charge on any atom is 0.153 e. The maximum atomic E-state index is 6.18. The lowest BCUT2D eigenvalue weighted by Gasteiger charge is -2.00. The van der Waals surface area contributed by atoms with Gasteiger partial charge in [0, 0.05) is 17.0 Å². The second-order valence-electron chi connectivity index (χ2n) is 4.87. The van der Waals surface area contributed by atoms with E-state index in [9.17, 15) is 0 Å². The molecule has 3 rings (SSSR count). The van der Waals surface area contributed by atoms with E-state index in [-0.39, 0.29) is 0 Å². The van der Waals surface area contributed by atoms with Crippen molar-refractivity contribution >= 4 is 22.6 Å². The zero-order valence-electron chi connectivity index (χ0n) is 10.1. The highest BCUT2D eigenvalue weighted by atomic mass is 35.5. The molecular formula is C14H16ClNO. The van der Waals surface area contributed by atoms with Crippen LogP contribution in [0.2, 0.25) is 5.02 Å². The first-order valence-electron chi connectivity index (χ1n) is 6.07. The average Bonchev–Trinajstić information content (AvgIpc) is 3.06. The summed E-state index contributed by atoms with van der Waals surface area (Å²) in [4.78, 5) is 0. The Morgan fingerprint density at radius 2 is 2.12 bits per heavy atom. The highest BCUT2D eigenvalue weighted by molar-refractivity contribution is 6.35. The average molecular weight is 250 g/mol. The molecule has 0 unspecified atom stereocenters. The van der Waals surface area contributed by atoms with Crippen molar-refractivity contribution in [2.24, 2.45) is 0 Å². The largest absolute Gasteiger partial charge is 0.458 e. The molecule has 90 valence electrons. The number of nitrogens with one attached hydrogen (secondary N) is 1. The number of aryl methyl sites for hydroxylation is 2. The van der Waals surface area contributed by atoms with E-state index in [2.05, 4.69) is 19.2 Å². The minimum absolute atomic E-state index is 0.694. The highest BCUT2D eigenvalue weighted by Gasteiger charge is 2.22. The lowest BCUT2D eigenvalue weighted by molar-refractivity contribution is 0.509. The molecule has 1 heterocycles. The van der Waals surface area contributed by atoms with Gasteiger partial charge in [-0.25, -0.2) is 0 Å². The Balaban J connectivity index is 2.03. The molecule has 0 atom stereocenters. The van der Waals surface area contributed by atoms with Crippen molar-refractivity contribution < 1.29 is 4.42 Å². The van der Waals surface area contributed by atoms with E-state index in [0.29, 0.717) is 11.1 Å². The predicted octanol–water partition coefficient (Wildman–Crippen LogP) is 3.96. The number of halogens is 1. The monoisotopic (exact) mass is 249 g/mol. The number of hydrogen-bond donors (Lipinski definition) is 1. The van der Waals surface area contributed by atoms with Gasteiger partial charge >= 0.3 is 0 Å². The molecule has 1 aliphatic rings. The van der Waals surface area contributed by atoms with Gasteiger partial charge in [0.05, 0.1) is 11.6 Å². The van der Waals surface area contributed by atoms with Gasteiger partial charge in [0.25, 0.3) is 0 Å². The van der Waals surface area contributed by atoms with E-state index in [4.69, 9.17) is 16.0 Å². The molecule has 0 amide bonds. The quantitative estimate of drug-likeness (QED) is 0.891. The van der Waals surface area contributed by atoms with E-state index < -0.39 is 0 Å². The zero-order chi connectivity index (χ0) is 12.0. The Hall–Kier alpha value is -0.990. The number of furan rings is 1. The summed E-state index contributed by atoms with van der Waals surface area (Å²) in [5.74, 6) is 1.02. The first-order chi connectivity index (χ1) is 8.16. The fourth-order valence-corrected chi connectivity index (χ4v) is 2.45. The van der Waals surface area contributed by atoms with Crippen molar-refractivity contribution in [3.8, 4) is 0 Å². The fraction of sp³-hybridized carbons (Fsp3) is 0.429. The first-order valence-corrected chi connectivity index (χ1v) is 6.45. The van der Waals surface area contributed by atoms with Gasteiger partial charge in [-0.1, -0.05) is 17.7 Å². The van der Waals surface area contributed by atoms with Crippen LogP contribution in [-0.2, 0) is 6.54 Å². The molecule has 17 heavy (non-hydrogen) atoms. The van der Waals surface area contributed by atoms with Crippen molar-refractivity contribution in [3.05, 3.63) is 34.0 Å². The van der Waals surface area contributed by atoms with Crippen LogP contribution in [0.5, 0.6) is 0 Å². The molecule has 0 radical (unpaired) electrons. The molecule has 1 saturated carbocycles. The molecule has 0 aliphatic heterocycles. The van der Waals surface area contributed by atoms with Crippen LogP contribution < -0.4 is 5.32 Å². The van der Waals surface area contributed by atoms with Crippen LogP contribution in [0.1, 0.15) is 29.7 Å². The number of rotatable bonds is 3. The van der Waals surface area contributed by atoms with Gasteiger partial charge in [-0.3, -0.25) is 0 Å². The van der Waals surface area contributed by atoms with Crippen molar-refractivity contribution in [2.75, 3.05) is 0 Å². The Morgan fingerprint density at radius 3 is 2.76 bits per heavy atom. The molecule has 0 spiro atoms. The van der Waals surface area contributed by atoms with Crippen molar-refractivity contribution in [1.82, 2.24) is 5.32 Å². The normalized spacial score (nSPS) is 15.7. The third kappa shape index (κ3) is 1.96. The topological polar surface area (TPSA) is 25.2 Å². The summed E-state index contributed by atoms with van der Waals surface area (Å²) in [5.41, 5.74) is 3.27. The van der Waals surface area contributed by atoms with Crippen molar-refractivity contribution in [1.29, 1.82) is 0 Å². The lowest BCUT2D eigenvalue weighted by atomic mass is 10.1. The van der Waals surface area contributed by atoms with Crippen LogP contribution in [0.4, 0.5) is 0 Å². The van der Waals surface area contributed by atoms with Gasteiger partial charge in [-0.15, -0.1) is 0 Å². The minimum Gasteiger partial charge on any atom is -0.458 e. The standard InChI is InChI=1S/C14H16ClNO/c1-8-3-6-11(15)14-13(8)9(2)12(17-14)7-16-10-4-5-10/h3,6,10,16H,4-5,7H2,1-2H3. The van der Waals surface area contributed by atoms with Gasteiger partial charge in [0.15, 0.2) is 5.58 Å². The Bertz CT molecular complexity index is 569. The van der Waals surface area contributed by atoms with Crippen LogP contribution >= 0.6 is 11.6 Å². The number of benzene rings is 1. The third-order valence-electron chi connectivity index (χ3n) is 3.47. The molecule has 1 aromatic carbocycles. The highest BCUT2D eigenvalue weighted by Crippen LogP contribution is 2.33. The predicted molar refractivity (Wildman–Crippen MR) is 70.6 cm³/mol. The summed E-state index contributed by atoms with van der Waals surface area (Å²) in [7, 11) is 0. The Morgan fingerprint density at radius 1 is 1.35 bits per heavy atom. The van der Waals surface area contributed by atoms with E-state index in [1.54, 1.807) is 0 Å². The number of fused-ring (bicyclic) bond motifs is 1. The summed E-state index contributed by atoms with van der Waals surface area (Å²) >= 11 is 6.18. The molecule has 1 aromatic heterocycles. The SMILES string of the molecule is Cc1ccc(Cl)c2oc(CNC3CC3)c(C)c12. The van der Waals surface area contributed by atoms with Crippen LogP contribution in [0.3, 0.4) is 0 Å². The molecule has 1 fully saturated rings. The van der Waals surface area contributed by atoms with Gasteiger partial charge in [-0.2, -0.15) is 0 Å². The van der Waals surface area contributed by atoms with Gasteiger partial charge in [0.2, 0.25) is 0 Å². The summed E-state index contributed by atoms with van der Waals surface area (Å²) < 4.78 is 5.89. The maximum absolute atomic E-state index is 6.18. The van der Waals surface area contributed by atoms with Crippen LogP contribution in [0, 0.1) is 13.8 Å². The van der Waals surface area contributed by atoms with E-state index >= 15 is 0 Å². The van der Waals surface area contributed by atoms with Gasteiger partial charge in [0.1, 0.15) is 5.76 Å². The molecule has 2 aromatic rings. The lowest BCUT2D eigenvalue weighted by Crippen LogP contribution is -2.15. The first kappa shape index (κ1) is 11.1. The van der Waals surface area contributed by atoms with Crippen LogP contribution in [0.25, 0.3) is 11.0 Å². The Labute approximate surface area is 106 Å². The summed E-state index contributed by atoms with van der Waals surface area (Å²) in [6.45, 7) is 5.01. The molecule has 0 bridgehead atoms. The Kier molecular flexibility index (Phi) is 2.64. The van der Waals surface area contributed by atoms with Gasteiger partial charge < -0.3 is 9.73 Å². The summed E-state index contributed by atoms with van der Waals surface area (Å²) in [6, 6.07) is 4.64. The van der Waals surface area contributed by atoms with Crippen molar-refractivity contribution in [2.45, 2.75) is 39.3 Å². The summed E-state index contributed by atoms with van der Waals surface area (Å²) in [5, 5.41) is 5.35. The zero-order valence-corrected chi connectivity index (χ0v) is 10.9. The molecule has 3 heteroatoms. The fourth-order valence-electron chi connectivity index (χ4n) is 2.25.